The topological polar surface area (TPSA) is 26.3 Å². The van der Waals surface area contributed by atoms with Crippen molar-refractivity contribution in [2.75, 3.05) is 6.61 Å². The molecular formula is C10H15F3O2. The fraction of sp³-hybridized carbons (Fsp3) is 0.700. The van der Waals surface area contributed by atoms with Crippen LogP contribution in [0.15, 0.2) is 11.6 Å². The summed E-state index contributed by atoms with van der Waals surface area (Å²) in [7, 11) is 0. The minimum absolute atomic E-state index is 0.0776. The van der Waals surface area contributed by atoms with Crippen molar-refractivity contribution in [1.29, 1.82) is 0 Å². The SMILES string of the molecule is CCCC/C(=C\C(=O)OCC)C(F)(F)F. The van der Waals surface area contributed by atoms with E-state index in [-0.39, 0.29) is 13.0 Å². The van der Waals surface area contributed by atoms with Crippen LogP contribution in [0.1, 0.15) is 33.1 Å². The molecule has 0 unspecified atom stereocenters. The van der Waals surface area contributed by atoms with Crippen molar-refractivity contribution in [2.24, 2.45) is 0 Å². The molecule has 0 saturated carbocycles. The van der Waals surface area contributed by atoms with Crippen LogP contribution < -0.4 is 0 Å². The van der Waals surface area contributed by atoms with E-state index >= 15 is 0 Å². The monoisotopic (exact) mass is 224 g/mol. The van der Waals surface area contributed by atoms with E-state index in [1.807, 2.05) is 0 Å². The Hall–Kier alpha value is -1.00. The van der Waals surface area contributed by atoms with E-state index in [0.717, 1.165) is 0 Å². The first-order valence-electron chi connectivity index (χ1n) is 4.86. The lowest BCUT2D eigenvalue weighted by Gasteiger charge is -2.10. The number of esters is 1. The molecule has 0 bridgehead atoms. The van der Waals surface area contributed by atoms with Crippen molar-refractivity contribution in [2.45, 2.75) is 39.3 Å². The summed E-state index contributed by atoms with van der Waals surface area (Å²) in [5.41, 5.74) is -0.817. The summed E-state index contributed by atoms with van der Waals surface area (Å²) >= 11 is 0. The van der Waals surface area contributed by atoms with Crippen molar-refractivity contribution < 1.29 is 22.7 Å². The van der Waals surface area contributed by atoms with Crippen LogP contribution >= 0.6 is 0 Å². The molecule has 5 heteroatoms. The highest BCUT2D eigenvalue weighted by Gasteiger charge is 2.33. The maximum absolute atomic E-state index is 12.4. The van der Waals surface area contributed by atoms with Crippen LogP contribution in [0.4, 0.5) is 13.2 Å². The molecule has 2 nitrogen and oxygen atoms in total. The molecule has 0 fully saturated rings. The number of unbranched alkanes of at least 4 members (excludes halogenated alkanes) is 1. The Bertz CT molecular complexity index is 231. The van der Waals surface area contributed by atoms with Crippen molar-refractivity contribution in [3.63, 3.8) is 0 Å². The second-order valence-corrected chi connectivity index (χ2v) is 3.02. The highest BCUT2D eigenvalue weighted by molar-refractivity contribution is 5.83. The van der Waals surface area contributed by atoms with Crippen molar-refractivity contribution in [3.05, 3.63) is 11.6 Å². The molecule has 0 N–H and O–H groups in total. The van der Waals surface area contributed by atoms with Gasteiger partial charge in [0.25, 0.3) is 0 Å². The fourth-order valence-corrected chi connectivity index (χ4v) is 0.989. The van der Waals surface area contributed by atoms with Gasteiger partial charge in [-0.25, -0.2) is 4.79 Å². The molecule has 0 radical (unpaired) electrons. The molecule has 0 saturated heterocycles. The summed E-state index contributed by atoms with van der Waals surface area (Å²) < 4.78 is 41.5. The number of hydrogen-bond acceptors (Lipinski definition) is 2. The van der Waals surface area contributed by atoms with Crippen molar-refractivity contribution >= 4 is 5.97 Å². The first-order valence-corrected chi connectivity index (χ1v) is 4.86. The highest BCUT2D eigenvalue weighted by atomic mass is 19.4. The quantitative estimate of drug-likeness (QED) is 0.529. The lowest BCUT2D eigenvalue weighted by molar-refractivity contribution is -0.138. The van der Waals surface area contributed by atoms with E-state index in [0.29, 0.717) is 18.9 Å². The van der Waals surface area contributed by atoms with Gasteiger partial charge in [0.05, 0.1) is 6.61 Å². The predicted octanol–water partition coefficient (Wildman–Crippen LogP) is 3.23. The van der Waals surface area contributed by atoms with Gasteiger partial charge in [0.2, 0.25) is 0 Å². The largest absolute Gasteiger partial charge is 0.463 e. The van der Waals surface area contributed by atoms with E-state index in [4.69, 9.17) is 0 Å². The van der Waals surface area contributed by atoms with Gasteiger partial charge in [-0.05, 0) is 19.8 Å². The minimum Gasteiger partial charge on any atom is -0.463 e. The van der Waals surface area contributed by atoms with Gasteiger partial charge in [-0.15, -0.1) is 0 Å². The van der Waals surface area contributed by atoms with E-state index in [1.54, 1.807) is 13.8 Å². The Kier molecular flexibility index (Phi) is 6.05. The van der Waals surface area contributed by atoms with Gasteiger partial charge < -0.3 is 4.74 Å². The van der Waals surface area contributed by atoms with Gasteiger partial charge in [-0.2, -0.15) is 13.2 Å². The number of carbonyl (C=O) groups excluding carboxylic acids is 1. The molecular weight excluding hydrogens is 209 g/mol. The molecule has 0 rings (SSSR count). The molecule has 0 atom stereocenters. The molecule has 0 amide bonds. The molecule has 0 aromatic carbocycles. The highest BCUT2D eigenvalue weighted by Crippen LogP contribution is 2.29. The number of allylic oxidation sites excluding steroid dienone is 1. The number of hydrogen-bond donors (Lipinski definition) is 0. The first kappa shape index (κ1) is 14.0. The molecule has 0 aliphatic rings. The number of rotatable bonds is 5. The van der Waals surface area contributed by atoms with Gasteiger partial charge >= 0.3 is 12.1 Å². The molecule has 15 heavy (non-hydrogen) atoms. The van der Waals surface area contributed by atoms with Crippen LogP contribution in [0, 0.1) is 0 Å². The number of alkyl halides is 3. The van der Waals surface area contributed by atoms with Crippen LogP contribution in [-0.4, -0.2) is 18.8 Å². The third-order valence-electron chi connectivity index (χ3n) is 1.74. The van der Waals surface area contributed by atoms with Crippen LogP contribution in [0.25, 0.3) is 0 Å². The smallest absolute Gasteiger partial charge is 0.412 e. The zero-order chi connectivity index (χ0) is 11.9. The van der Waals surface area contributed by atoms with Gasteiger partial charge in [-0.1, -0.05) is 13.3 Å². The average molecular weight is 224 g/mol. The lowest BCUT2D eigenvalue weighted by Crippen LogP contribution is -2.14. The molecule has 0 aromatic heterocycles. The Balaban J connectivity index is 4.54. The maximum Gasteiger partial charge on any atom is 0.412 e. The summed E-state index contributed by atoms with van der Waals surface area (Å²) in [6.07, 6.45) is -2.99. The fourth-order valence-electron chi connectivity index (χ4n) is 0.989. The van der Waals surface area contributed by atoms with Crippen LogP contribution in [0.5, 0.6) is 0 Å². The second kappa shape index (κ2) is 6.48. The van der Waals surface area contributed by atoms with Crippen molar-refractivity contribution in [1.82, 2.24) is 0 Å². The number of carbonyl (C=O) groups is 1. The summed E-state index contributed by atoms with van der Waals surface area (Å²) in [6, 6.07) is 0. The Morgan fingerprint density at radius 3 is 2.33 bits per heavy atom. The van der Waals surface area contributed by atoms with Gasteiger partial charge in [0.1, 0.15) is 0 Å². The van der Waals surface area contributed by atoms with Crippen molar-refractivity contribution in [3.8, 4) is 0 Å². The average Bonchev–Trinajstić information content (AvgIpc) is 2.10. The van der Waals surface area contributed by atoms with E-state index in [2.05, 4.69) is 4.74 Å². The van der Waals surface area contributed by atoms with Crippen LogP contribution in [0.2, 0.25) is 0 Å². The zero-order valence-electron chi connectivity index (χ0n) is 8.86. The molecule has 0 heterocycles. The van der Waals surface area contributed by atoms with E-state index in [1.165, 1.54) is 0 Å². The minimum atomic E-state index is -4.44. The molecule has 0 aliphatic carbocycles. The van der Waals surface area contributed by atoms with Gasteiger partial charge in [0, 0.05) is 11.6 Å². The summed E-state index contributed by atoms with van der Waals surface area (Å²) in [6.45, 7) is 3.41. The third kappa shape index (κ3) is 6.14. The zero-order valence-corrected chi connectivity index (χ0v) is 8.86. The van der Waals surface area contributed by atoms with Gasteiger partial charge in [-0.3, -0.25) is 0 Å². The van der Waals surface area contributed by atoms with Crippen LogP contribution in [0.3, 0.4) is 0 Å². The number of halogens is 3. The van der Waals surface area contributed by atoms with E-state index < -0.39 is 17.7 Å². The molecule has 0 aliphatic heterocycles. The molecule has 0 spiro atoms. The predicted molar refractivity (Wildman–Crippen MR) is 50.3 cm³/mol. The Morgan fingerprint density at radius 2 is 1.93 bits per heavy atom. The summed E-state index contributed by atoms with van der Waals surface area (Å²) in [4.78, 5) is 10.9. The summed E-state index contributed by atoms with van der Waals surface area (Å²) in [5.74, 6) is -0.930. The van der Waals surface area contributed by atoms with Crippen LogP contribution in [-0.2, 0) is 9.53 Å². The standard InChI is InChI=1S/C10H15F3O2/c1-3-5-6-8(10(11,12)13)7-9(14)15-4-2/h7H,3-6H2,1-2H3/b8-7+. The Labute approximate surface area is 87.1 Å². The number of ether oxygens (including phenoxy) is 1. The third-order valence-corrected chi connectivity index (χ3v) is 1.74. The lowest BCUT2D eigenvalue weighted by atomic mass is 10.1. The maximum atomic E-state index is 12.4. The molecule has 0 aromatic rings. The summed E-state index contributed by atoms with van der Waals surface area (Å²) in [5, 5.41) is 0. The Morgan fingerprint density at radius 1 is 1.33 bits per heavy atom. The normalized spacial score (nSPS) is 12.7. The van der Waals surface area contributed by atoms with Gasteiger partial charge in [0.15, 0.2) is 0 Å². The second-order valence-electron chi connectivity index (χ2n) is 3.02. The molecule has 88 valence electrons. The first-order chi connectivity index (χ1) is 6.91. The van der Waals surface area contributed by atoms with E-state index in [9.17, 15) is 18.0 Å².